The van der Waals surface area contributed by atoms with E-state index in [4.69, 9.17) is 0 Å². The number of likely N-dealkylation sites (tertiary alicyclic amines) is 2. The Morgan fingerprint density at radius 2 is 1.62 bits per heavy atom. The maximum absolute atomic E-state index is 12.2. The third-order valence-corrected chi connectivity index (χ3v) is 4.89. The van der Waals surface area contributed by atoms with E-state index in [0.29, 0.717) is 6.54 Å². The van der Waals surface area contributed by atoms with Gasteiger partial charge in [-0.25, -0.2) is 0 Å². The number of rotatable bonds is 5. The van der Waals surface area contributed by atoms with Crippen LogP contribution in [0.25, 0.3) is 0 Å². The quantitative estimate of drug-likeness (QED) is 0.778. The van der Waals surface area contributed by atoms with Crippen LogP contribution in [-0.4, -0.2) is 54.9 Å². The summed E-state index contributed by atoms with van der Waals surface area (Å²) in [5, 5.41) is 0. The summed E-state index contributed by atoms with van der Waals surface area (Å²) >= 11 is 0. The Kier molecular flexibility index (Phi) is 5.04. The van der Waals surface area contributed by atoms with Gasteiger partial charge in [-0.05, 0) is 57.8 Å². The molecule has 0 aromatic heterocycles. The molecule has 1 aromatic carbocycles. The lowest BCUT2D eigenvalue weighted by Gasteiger charge is -2.33. The van der Waals surface area contributed by atoms with Crippen molar-refractivity contribution < 1.29 is 4.79 Å². The smallest absolute Gasteiger partial charge is 0.176 e. The molecule has 3 heteroatoms. The molecular weight excluding hydrogens is 260 g/mol. The summed E-state index contributed by atoms with van der Waals surface area (Å²) in [6, 6.07) is 9.68. The van der Waals surface area contributed by atoms with E-state index >= 15 is 0 Å². The van der Waals surface area contributed by atoms with Crippen LogP contribution in [0.3, 0.4) is 0 Å². The average Bonchev–Trinajstić information content (AvgIpc) is 3.03. The number of nitrogens with zero attached hydrogens (tertiary/aromatic N) is 2. The van der Waals surface area contributed by atoms with Crippen molar-refractivity contribution in [3.05, 3.63) is 35.9 Å². The molecule has 2 fully saturated rings. The molecule has 0 amide bonds. The zero-order valence-corrected chi connectivity index (χ0v) is 12.8. The number of hydrogen-bond acceptors (Lipinski definition) is 3. The van der Waals surface area contributed by atoms with Gasteiger partial charge in [0, 0.05) is 12.1 Å². The van der Waals surface area contributed by atoms with E-state index in [2.05, 4.69) is 9.80 Å². The SMILES string of the molecule is O=C(CN1CCC(CN2CCCC2)CC1)c1ccccc1. The van der Waals surface area contributed by atoms with Crippen molar-refractivity contribution in [2.45, 2.75) is 25.7 Å². The summed E-state index contributed by atoms with van der Waals surface area (Å²) in [5.74, 6) is 1.10. The topological polar surface area (TPSA) is 23.6 Å². The predicted octanol–water partition coefficient (Wildman–Crippen LogP) is 2.68. The first kappa shape index (κ1) is 14.7. The van der Waals surface area contributed by atoms with Crippen LogP contribution in [0, 0.1) is 5.92 Å². The average molecular weight is 286 g/mol. The molecule has 0 spiro atoms. The molecule has 2 aliphatic heterocycles. The summed E-state index contributed by atoms with van der Waals surface area (Å²) in [7, 11) is 0. The van der Waals surface area contributed by atoms with Crippen molar-refractivity contribution in [2.24, 2.45) is 5.92 Å². The lowest BCUT2D eigenvalue weighted by atomic mass is 9.96. The molecule has 0 aliphatic carbocycles. The van der Waals surface area contributed by atoms with Gasteiger partial charge in [-0.2, -0.15) is 0 Å². The molecule has 3 nitrogen and oxygen atoms in total. The summed E-state index contributed by atoms with van der Waals surface area (Å²) < 4.78 is 0. The summed E-state index contributed by atoms with van der Waals surface area (Å²) in [4.78, 5) is 17.2. The molecule has 0 unspecified atom stereocenters. The molecule has 1 aromatic rings. The molecule has 0 N–H and O–H groups in total. The largest absolute Gasteiger partial charge is 0.303 e. The first-order chi connectivity index (χ1) is 10.3. The number of benzene rings is 1. The van der Waals surface area contributed by atoms with Gasteiger partial charge in [0.1, 0.15) is 0 Å². The molecule has 2 aliphatic rings. The molecule has 2 heterocycles. The predicted molar refractivity (Wildman–Crippen MR) is 85.6 cm³/mol. The molecule has 2 saturated heterocycles. The second kappa shape index (κ2) is 7.19. The zero-order valence-electron chi connectivity index (χ0n) is 12.8. The summed E-state index contributed by atoms with van der Waals surface area (Å²) in [5.41, 5.74) is 0.844. The highest BCUT2D eigenvalue weighted by Gasteiger charge is 2.23. The first-order valence-electron chi connectivity index (χ1n) is 8.34. The van der Waals surface area contributed by atoms with Crippen LogP contribution in [-0.2, 0) is 0 Å². The van der Waals surface area contributed by atoms with Gasteiger partial charge < -0.3 is 4.90 Å². The molecule has 21 heavy (non-hydrogen) atoms. The van der Waals surface area contributed by atoms with Gasteiger partial charge in [0.05, 0.1) is 6.54 Å². The Morgan fingerprint density at radius 3 is 2.29 bits per heavy atom. The van der Waals surface area contributed by atoms with Gasteiger partial charge >= 0.3 is 0 Å². The van der Waals surface area contributed by atoms with Gasteiger partial charge in [0.2, 0.25) is 0 Å². The molecule has 114 valence electrons. The van der Waals surface area contributed by atoms with Crippen molar-refractivity contribution in [3.8, 4) is 0 Å². The Labute approximate surface area is 127 Å². The lowest BCUT2D eigenvalue weighted by molar-refractivity contribution is 0.0882. The van der Waals surface area contributed by atoms with Crippen molar-refractivity contribution in [2.75, 3.05) is 39.3 Å². The molecule has 0 bridgehead atoms. The highest BCUT2D eigenvalue weighted by atomic mass is 16.1. The van der Waals surface area contributed by atoms with E-state index in [-0.39, 0.29) is 5.78 Å². The molecular formula is C18H26N2O. The van der Waals surface area contributed by atoms with Gasteiger partial charge in [-0.15, -0.1) is 0 Å². The zero-order chi connectivity index (χ0) is 14.5. The Balaban J connectivity index is 1.42. The fraction of sp³-hybridized carbons (Fsp3) is 0.611. The van der Waals surface area contributed by atoms with E-state index in [1.807, 2.05) is 30.3 Å². The van der Waals surface area contributed by atoms with Crippen LogP contribution in [0.5, 0.6) is 0 Å². The number of carbonyl (C=O) groups excluding carboxylic acids is 1. The van der Waals surface area contributed by atoms with Gasteiger partial charge in [-0.3, -0.25) is 9.69 Å². The van der Waals surface area contributed by atoms with Gasteiger partial charge in [-0.1, -0.05) is 30.3 Å². The maximum atomic E-state index is 12.2. The molecule has 0 atom stereocenters. The van der Waals surface area contributed by atoms with Crippen LogP contribution in [0.2, 0.25) is 0 Å². The number of hydrogen-bond donors (Lipinski definition) is 0. The van der Waals surface area contributed by atoms with Crippen molar-refractivity contribution in [1.29, 1.82) is 0 Å². The van der Waals surface area contributed by atoms with E-state index in [9.17, 15) is 4.79 Å². The summed E-state index contributed by atoms with van der Waals surface area (Å²) in [6.07, 6.45) is 5.26. The minimum absolute atomic E-state index is 0.258. The Bertz CT molecular complexity index is 446. The van der Waals surface area contributed by atoms with Crippen LogP contribution in [0.1, 0.15) is 36.0 Å². The van der Waals surface area contributed by atoms with Gasteiger partial charge in [0.15, 0.2) is 5.78 Å². The van der Waals surface area contributed by atoms with Crippen molar-refractivity contribution in [1.82, 2.24) is 9.80 Å². The third-order valence-electron chi connectivity index (χ3n) is 4.89. The van der Waals surface area contributed by atoms with E-state index in [1.54, 1.807) is 0 Å². The monoisotopic (exact) mass is 286 g/mol. The number of carbonyl (C=O) groups is 1. The highest BCUT2D eigenvalue weighted by molar-refractivity contribution is 5.97. The van der Waals surface area contributed by atoms with Crippen molar-refractivity contribution in [3.63, 3.8) is 0 Å². The maximum Gasteiger partial charge on any atom is 0.176 e. The number of piperidine rings is 1. The van der Waals surface area contributed by atoms with Gasteiger partial charge in [0.25, 0.3) is 0 Å². The first-order valence-corrected chi connectivity index (χ1v) is 8.34. The van der Waals surface area contributed by atoms with Crippen LogP contribution < -0.4 is 0 Å². The van der Waals surface area contributed by atoms with Crippen molar-refractivity contribution >= 4 is 5.78 Å². The lowest BCUT2D eigenvalue weighted by Crippen LogP contribution is -2.40. The van der Waals surface area contributed by atoms with Crippen LogP contribution in [0.15, 0.2) is 30.3 Å². The number of ketones is 1. The van der Waals surface area contributed by atoms with E-state index < -0.39 is 0 Å². The van der Waals surface area contributed by atoms with E-state index in [1.165, 1.54) is 45.3 Å². The second-order valence-electron chi connectivity index (χ2n) is 6.52. The molecule has 0 saturated carbocycles. The third kappa shape index (κ3) is 4.14. The van der Waals surface area contributed by atoms with Crippen LogP contribution in [0.4, 0.5) is 0 Å². The normalized spacial score (nSPS) is 21.7. The fourth-order valence-corrected chi connectivity index (χ4v) is 3.58. The highest BCUT2D eigenvalue weighted by Crippen LogP contribution is 2.20. The standard InChI is InChI=1S/C18H26N2O/c21-18(17-6-2-1-3-7-17)15-20-12-8-16(9-13-20)14-19-10-4-5-11-19/h1-3,6-7,16H,4-5,8-15H2. The molecule has 0 radical (unpaired) electrons. The Hall–Kier alpha value is -1.19. The second-order valence-corrected chi connectivity index (χ2v) is 6.52. The fourth-order valence-electron chi connectivity index (χ4n) is 3.58. The minimum atomic E-state index is 0.258. The summed E-state index contributed by atoms with van der Waals surface area (Å²) in [6.45, 7) is 6.62. The van der Waals surface area contributed by atoms with Crippen LogP contribution >= 0.6 is 0 Å². The minimum Gasteiger partial charge on any atom is -0.303 e. The number of Topliss-reactive ketones (excluding diaryl/α,β-unsaturated/α-hetero) is 1. The Morgan fingerprint density at radius 1 is 0.952 bits per heavy atom. The molecule has 3 rings (SSSR count). The van der Waals surface area contributed by atoms with E-state index in [0.717, 1.165) is 24.6 Å².